The van der Waals surface area contributed by atoms with Gasteiger partial charge in [-0.2, -0.15) is 0 Å². The lowest BCUT2D eigenvalue weighted by molar-refractivity contribution is -0.117. The average Bonchev–Trinajstić information content (AvgIpc) is 2.90. The van der Waals surface area contributed by atoms with Crippen molar-refractivity contribution in [2.24, 2.45) is 34.5 Å². The second kappa shape index (κ2) is 5.46. The van der Waals surface area contributed by atoms with Crippen LogP contribution in [0.4, 0.5) is 0 Å². The Kier molecular flexibility index (Phi) is 3.78. The maximum atomic E-state index is 11.9. The first kappa shape index (κ1) is 15.9. The zero-order valence-electron chi connectivity index (χ0n) is 15.4. The summed E-state index contributed by atoms with van der Waals surface area (Å²) in [7, 11) is 0. The molecule has 128 valence electrons. The fraction of sp³-hybridized carbons (Fsp3) is 0.864. The molecule has 0 bridgehead atoms. The molecule has 0 N–H and O–H groups in total. The zero-order chi connectivity index (χ0) is 16.2. The van der Waals surface area contributed by atoms with Gasteiger partial charge in [0.25, 0.3) is 0 Å². The fourth-order valence-corrected chi connectivity index (χ4v) is 7.52. The summed E-state index contributed by atoms with van der Waals surface area (Å²) in [5, 5.41) is 0. The van der Waals surface area contributed by atoms with Gasteiger partial charge in [0.2, 0.25) is 0 Å². The van der Waals surface area contributed by atoms with Gasteiger partial charge in [-0.1, -0.05) is 32.8 Å². The van der Waals surface area contributed by atoms with E-state index in [-0.39, 0.29) is 0 Å². The van der Waals surface area contributed by atoms with Crippen molar-refractivity contribution in [2.75, 3.05) is 0 Å². The smallest absolute Gasteiger partial charge is 0.155 e. The highest BCUT2D eigenvalue weighted by molar-refractivity contribution is 5.91. The van der Waals surface area contributed by atoms with Crippen LogP contribution in [0.5, 0.6) is 0 Å². The number of ketones is 1. The van der Waals surface area contributed by atoms with Crippen molar-refractivity contribution in [2.45, 2.75) is 85.0 Å². The van der Waals surface area contributed by atoms with Crippen LogP contribution in [0.2, 0.25) is 0 Å². The molecule has 3 saturated carbocycles. The Morgan fingerprint density at radius 1 is 1.09 bits per heavy atom. The minimum atomic E-state index is 0.351. The molecule has 0 amide bonds. The quantitative estimate of drug-likeness (QED) is 0.617. The van der Waals surface area contributed by atoms with Crippen LogP contribution in [0.3, 0.4) is 0 Å². The van der Waals surface area contributed by atoms with Gasteiger partial charge in [0.15, 0.2) is 5.78 Å². The van der Waals surface area contributed by atoms with Crippen LogP contribution in [0.15, 0.2) is 11.6 Å². The molecule has 0 aromatic heterocycles. The Morgan fingerprint density at radius 3 is 2.70 bits per heavy atom. The summed E-state index contributed by atoms with van der Waals surface area (Å²) >= 11 is 0. The Bertz CT molecular complexity index is 530. The van der Waals surface area contributed by atoms with Gasteiger partial charge in [0, 0.05) is 6.42 Å². The van der Waals surface area contributed by atoms with Crippen molar-refractivity contribution in [1.29, 1.82) is 0 Å². The highest BCUT2D eigenvalue weighted by Gasteiger charge is 2.57. The number of fused-ring (bicyclic) bond motifs is 5. The van der Waals surface area contributed by atoms with Crippen LogP contribution in [-0.4, -0.2) is 5.78 Å². The van der Waals surface area contributed by atoms with Crippen LogP contribution in [0, 0.1) is 34.5 Å². The maximum absolute atomic E-state index is 11.9. The van der Waals surface area contributed by atoms with Gasteiger partial charge in [-0.05, 0) is 91.9 Å². The molecule has 0 aromatic rings. The highest BCUT2D eigenvalue weighted by Crippen LogP contribution is 2.66. The molecule has 5 atom stereocenters. The van der Waals surface area contributed by atoms with Gasteiger partial charge in [-0.15, -0.1) is 0 Å². The first-order chi connectivity index (χ1) is 10.9. The lowest BCUT2D eigenvalue weighted by atomic mass is 9.46. The Hall–Kier alpha value is -0.590. The van der Waals surface area contributed by atoms with Crippen molar-refractivity contribution in [3.05, 3.63) is 11.6 Å². The Labute approximate surface area is 142 Å². The molecule has 4 aliphatic carbocycles. The monoisotopic (exact) mass is 314 g/mol. The topological polar surface area (TPSA) is 17.1 Å². The molecule has 23 heavy (non-hydrogen) atoms. The first-order valence-corrected chi connectivity index (χ1v) is 10.2. The van der Waals surface area contributed by atoms with Gasteiger partial charge in [-0.25, -0.2) is 0 Å². The third-order valence-electron chi connectivity index (χ3n) is 8.30. The highest BCUT2D eigenvalue weighted by atomic mass is 16.1. The normalized spacial score (nSPS) is 46.2. The Balaban J connectivity index is 1.65. The summed E-state index contributed by atoms with van der Waals surface area (Å²) in [6.45, 7) is 7.35. The molecule has 0 spiro atoms. The van der Waals surface area contributed by atoms with Gasteiger partial charge < -0.3 is 0 Å². The third kappa shape index (κ3) is 2.36. The molecule has 4 aliphatic rings. The predicted octanol–water partition coefficient (Wildman–Crippen LogP) is 5.93. The largest absolute Gasteiger partial charge is 0.295 e. The van der Waals surface area contributed by atoms with Crippen LogP contribution >= 0.6 is 0 Å². The number of carbonyl (C=O) groups is 1. The second-order valence-electron chi connectivity index (χ2n) is 9.86. The van der Waals surface area contributed by atoms with E-state index in [4.69, 9.17) is 0 Å². The van der Waals surface area contributed by atoms with E-state index < -0.39 is 0 Å². The second-order valence-corrected chi connectivity index (χ2v) is 9.86. The van der Waals surface area contributed by atoms with Gasteiger partial charge in [0.1, 0.15) is 0 Å². The number of hydrogen-bond donors (Lipinski definition) is 0. The molecular formula is C22H34O. The van der Waals surface area contributed by atoms with E-state index in [1.807, 2.05) is 6.08 Å². The summed E-state index contributed by atoms with van der Waals surface area (Å²) in [5.74, 6) is 4.02. The predicted molar refractivity (Wildman–Crippen MR) is 95.1 cm³/mol. The molecule has 0 unspecified atom stereocenters. The lowest BCUT2D eigenvalue weighted by Crippen LogP contribution is -2.50. The SMILES string of the molecule is CC(C)C[C@@]12CCC[C@H]1[C@@H]1CCC3=CC(=O)CC[C@]3(C)[C@H]1CC2. The molecular weight excluding hydrogens is 280 g/mol. The third-order valence-corrected chi connectivity index (χ3v) is 8.30. The van der Waals surface area contributed by atoms with Crippen LogP contribution < -0.4 is 0 Å². The van der Waals surface area contributed by atoms with E-state index in [2.05, 4.69) is 20.8 Å². The van der Waals surface area contributed by atoms with E-state index >= 15 is 0 Å². The van der Waals surface area contributed by atoms with Crippen molar-refractivity contribution < 1.29 is 4.79 Å². The molecule has 0 aliphatic heterocycles. The van der Waals surface area contributed by atoms with Crippen LogP contribution in [0.1, 0.15) is 85.0 Å². The summed E-state index contributed by atoms with van der Waals surface area (Å²) in [6.07, 6.45) is 15.3. The van der Waals surface area contributed by atoms with Crippen LogP contribution in [0.25, 0.3) is 0 Å². The van der Waals surface area contributed by atoms with E-state index in [9.17, 15) is 4.79 Å². The van der Waals surface area contributed by atoms with E-state index in [0.717, 1.165) is 36.5 Å². The van der Waals surface area contributed by atoms with E-state index in [1.165, 1.54) is 56.9 Å². The lowest BCUT2D eigenvalue weighted by Gasteiger charge is -2.58. The van der Waals surface area contributed by atoms with Gasteiger partial charge >= 0.3 is 0 Å². The van der Waals surface area contributed by atoms with Crippen molar-refractivity contribution in [3.63, 3.8) is 0 Å². The maximum Gasteiger partial charge on any atom is 0.155 e. The standard InChI is InChI=1S/C22H34O/c1-15(2)14-22-10-4-5-20(22)18-7-6-16-13-17(23)8-11-21(16,3)19(18)9-12-22/h13,15,18-20H,4-12,14H2,1-3H3/t18-,19+,20+,21+,22+/m1/s1. The van der Waals surface area contributed by atoms with Crippen LogP contribution in [-0.2, 0) is 4.79 Å². The summed E-state index contributed by atoms with van der Waals surface area (Å²) in [5.41, 5.74) is 2.55. The Morgan fingerprint density at radius 2 is 1.91 bits per heavy atom. The van der Waals surface area contributed by atoms with Crippen molar-refractivity contribution in [3.8, 4) is 0 Å². The van der Waals surface area contributed by atoms with E-state index in [1.54, 1.807) is 0 Å². The molecule has 0 aromatic carbocycles. The van der Waals surface area contributed by atoms with Gasteiger partial charge in [0.05, 0.1) is 0 Å². The number of hydrogen-bond acceptors (Lipinski definition) is 1. The fourth-order valence-electron chi connectivity index (χ4n) is 7.52. The number of rotatable bonds is 2. The summed E-state index contributed by atoms with van der Waals surface area (Å²) < 4.78 is 0. The zero-order valence-corrected chi connectivity index (χ0v) is 15.4. The molecule has 0 heterocycles. The minimum Gasteiger partial charge on any atom is -0.295 e. The average molecular weight is 315 g/mol. The summed E-state index contributed by atoms with van der Waals surface area (Å²) in [4.78, 5) is 11.9. The molecule has 1 heteroatoms. The minimum absolute atomic E-state index is 0.351. The van der Waals surface area contributed by atoms with Crippen molar-refractivity contribution >= 4 is 5.78 Å². The molecule has 1 nitrogen and oxygen atoms in total. The first-order valence-electron chi connectivity index (χ1n) is 10.2. The molecule has 0 radical (unpaired) electrons. The van der Waals surface area contributed by atoms with Crippen molar-refractivity contribution in [1.82, 2.24) is 0 Å². The van der Waals surface area contributed by atoms with E-state index in [0.29, 0.717) is 16.6 Å². The molecule has 0 saturated heterocycles. The summed E-state index contributed by atoms with van der Waals surface area (Å²) in [6, 6.07) is 0. The number of allylic oxidation sites excluding steroid dienone is 1. The number of carbonyl (C=O) groups excluding carboxylic acids is 1. The molecule has 3 fully saturated rings. The van der Waals surface area contributed by atoms with Gasteiger partial charge in [-0.3, -0.25) is 4.79 Å². The molecule has 4 rings (SSSR count).